The highest BCUT2D eigenvalue weighted by Gasteiger charge is 2.24. The number of hydrogen-bond donors (Lipinski definition) is 2. The third-order valence-electron chi connectivity index (χ3n) is 3.41. The van der Waals surface area contributed by atoms with Gasteiger partial charge < -0.3 is 5.11 Å². The zero-order valence-corrected chi connectivity index (χ0v) is 11.3. The van der Waals surface area contributed by atoms with Gasteiger partial charge in [-0.3, -0.25) is 4.84 Å². The molecule has 0 aromatic rings. The standard InChI is InChI=1S/C14H29NO2/c1-2-3-4-5-6-7-8-9-10-11-13(16)12-14-15-17-14/h13-16H,2-12H2,1H3/t13-,14+/m1/s1. The predicted octanol–water partition coefficient (Wildman–Crippen LogP) is 3.52. The van der Waals surface area contributed by atoms with Crippen LogP contribution in [-0.2, 0) is 4.84 Å². The lowest BCUT2D eigenvalue weighted by Gasteiger charge is -2.07. The molecule has 3 heteroatoms. The summed E-state index contributed by atoms with van der Waals surface area (Å²) in [5.74, 6) is 0. The minimum Gasteiger partial charge on any atom is -0.393 e. The molecule has 0 aliphatic carbocycles. The summed E-state index contributed by atoms with van der Waals surface area (Å²) >= 11 is 0. The Labute approximate surface area is 106 Å². The van der Waals surface area contributed by atoms with Crippen molar-refractivity contribution in [2.24, 2.45) is 0 Å². The van der Waals surface area contributed by atoms with Gasteiger partial charge in [0.15, 0.2) is 6.23 Å². The van der Waals surface area contributed by atoms with E-state index in [1.165, 1.54) is 51.4 Å². The lowest BCUT2D eigenvalue weighted by atomic mass is 10.0. The fourth-order valence-corrected chi connectivity index (χ4v) is 2.20. The molecule has 17 heavy (non-hydrogen) atoms. The number of aliphatic hydroxyl groups excluding tert-OH is 1. The summed E-state index contributed by atoms with van der Waals surface area (Å²) < 4.78 is 0. The van der Waals surface area contributed by atoms with Crippen molar-refractivity contribution in [1.29, 1.82) is 0 Å². The van der Waals surface area contributed by atoms with Crippen molar-refractivity contribution in [2.45, 2.75) is 89.9 Å². The van der Waals surface area contributed by atoms with Crippen molar-refractivity contribution in [3.63, 3.8) is 0 Å². The average Bonchev–Trinajstić information content (AvgIpc) is 3.11. The van der Waals surface area contributed by atoms with Crippen LogP contribution < -0.4 is 5.48 Å². The van der Waals surface area contributed by atoms with E-state index in [1.807, 2.05) is 0 Å². The molecule has 1 aliphatic rings. The highest BCUT2D eigenvalue weighted by molar-refractivity contribution is 4.66. The Balaban J connectivity index is 1.71. The lowest BCUT2D eigenvalue weighted by molar-refractivity contribution is 0.139. The van der Waals surface area contributed by atoms with Crippen LogP contribution in [0.5, 0.6) is 0 Å². The summed E-state index contributed by atoms with van der Waals surface area (Å²) in [4.78, 5) is 4.86. The summed E-state index contributed by atoms with van der Waals surface area (Å²) in [6.45, 7) is 2.26. The van der Waals surface area contributed by atoms with E-state index < -0.39 is 0 Å². The third-order valence-corrected chi connectivity index (χ3v) is 3.41. The molecule has 0 bridgehead atoms. The zero-order chi connectivity index (χ0) is 12.3. The second-order valence-electron chi connectivity index (χ2n) is 5.23. The van der Waals surface area contributed by atoms with Crippen LogP contribution in [0.25, 0.3) is 0 Å². The molecule has 0 unspecified atom stereocenters. The molecule has 0 saturated carbocycles. The maximum absolute atomic E-state index is 9.64. The topological polar surface area (TPSA) is 54.7 Å². The van der Waals surface area contributed by atoms with Gasteiger partial charge in [-0.15, -0.1) is 0 Å². The average molecular weight is 243 g/mol. The molecule has 0 radical (unpaired) electrons. The van der Waals surface area contributed by atoms with Crippen LogP contribution in [0, 0.1) is 0 Å². The normalized spacial score (nSPS) is 20.5. The van der Waals surface area contributed by atoms with Crippen LogP contribution in [0.1, 0.15) is 77.6 Å². The molecule has 0 spiro atoms. The predicted molar refractivity (Wildman–Crippen MR) is 70.5 cm³/mol. The molecule has 0 aromatic carbocycles. The van der Waals surface area contributed by atoms with Crippen LogP contribution in [0.2, 0.25) is 0 Å². The van der Waals surface area contributed by atoms with E-state index in [0.717, 1.165) is 19.3 Å². The Morgan fingerprint density at radius 3 is 2.06 bits per heavy atom. The highest BCUT2D eigenvalue weighted by atomic mass is 16.8. The quantitative estimate of drug-likeness (QED) is 0.407. The fourth-order valence-electron chi connectivity index (χ4n) is 2.20. The van der Waals surface area contributed by atoms with Gasteiger partial charge in [0.05, 0.1) is 6.10 Å². The van der Waals surface area contributed by atoms with E-state index in [4.69, 9.17) is 4.84 Å². The maximum atomic E-state index is 9.64. The smallest absolute Gasteiger partial charge is 0.154 e. The first-order chi connectivity index (χ1) is 8.33. The first-order valence-corrected chi connectivity index (χ1v) is 7.42. The Bertz CT molecular complexity index is 172. The van der Waals surface area contributed by atoms with Gasteiger partial charge in [-0.25, -0.2) is 0 Å². The van der Waals surface area contributed by atoms with Gasteiger partial charge in [0.25, 0.3) is 0 Å². The minimum absolute atomic E-state index is 0.128. The van der Waals surface area contributed by atoms with Crippen LogP contribution >= 0.6 is 0 Å². The molecule has 1 fully saturated rings. The van der Waals surface area contributed by atoms with E-state index in [1.54, 1.807) is 0 Å². The van der Waals surface area contributed by atoms with Gasteiger partial charge in [0, 0.05) is 6.42 Å². The molecule has 3 nitrogen and oxygen atoms in total. The van der Waals surface area contributed by atoms with Gasteiger partial charge >= 0.3 is 0 Å². The van der Waals surface area contributed by atoms with Crippen LogP contribution in [0.4, 0.5) is 0 Å². The number of aliphatic hydroxyl groups is 1. The number of hydroxylamine groups is 1. The van der Waals surface area contributed by atoms with Crippen molar-refractivity contribution in [1.82, 2.24) is 5.48 Å². The van der Waals surface area contributed by atoms with Gasteiger partial charge in [0.1, 0.15) is 0 Å². The van der Waals surface area contributed by atoms with E-state index in [-0.39, 0.29) is 12.3 Å². The van der Waals surface area contributed by atoms with Gasteiger partial charge in [-0.1, -0.05) is 64.7 Å². The van der Waals surface area contributed by atoms with Gasteiger partial charge in [-0.05, 0) is 6.42 Å². The van der Waals surface area contributed by atoms with Crippen molar-refractivity contribution in [2.75, 3.05) is 0 Å². The Morgan fingerprint density at radius 2 is 1.53 bits per heavy atom. The summed E-state index contributed by atoms with van der Waals surface area (Å²) in [6, 6.07) is 0. The van der Waals surface area contributed by atoms with Crippen molar-refractivity contribution in [3.8, 4) is 0 Å². The monoisotopic (exact) mass is 243 g/mol. The summed E-state index contributed by atoms with van der Waals surface area (Å²) in [5.41, 5.74) is 2.74. The number of unbranched alkanes of at least 4 members (excludes halogenated alkanes) is 8. The first-order valence-electron chi connectivity index (χ1n) is 7.42. The summed E-state index contributed by atoms with van der Waals surface area (Å²) in [7, 11) is 0. The number of nitrogens with one attached hydrogen (secondary N) is 1. The molecular formula is C14H29NO2. The number of hydrogen-bond acceptors (Lipinski definition) is 3. The molecule has 1 rings (SSSR count). The Morgan fingerprint density at radius 1 is 1.00 bits per heavy atom. The van der Waals surface area contributed by atoms with E-state index in [9.17, 15) is 5.11 Å². The Hall–Kier alpha value is -0.120. The highest BCUT2D eigenvalue weighted by Crippen LogP contribution is 2.15. The third kappa shape index (κ3) is 9.57. The maximum Gasteiger partial charge on any atom is 0.154 e. The first kappa shape index (κ1) is 14.9. The molecule has 2 atom stereocenters. The van der Waals surface area contributed by atoms with E-state index >= 15 is 0 Å². The van der Waals surface area contributed by atoms with Crippen LogP contribution in [0.15, 0.2) is 0 Å². The fraction of sp³-hybridized carbons (Fsp3) is 1.00. The lowest BCUT2D eigenvalue weighted by Crippen LogP contribution is -2.10. The zero-order valence-electron chi connectivity index (χ0n) is 11.3. The SMILES string of the molecule is CCCCCCCCCCC[C@@H](O)C[C@H]1NO1. The van der Waals surface area contributed by atoms with Gasteiger partial charge in [0.2, 0.25) is 0 Å². The van der Waals surface area contributed by atoms with Gasteiger partial charge in [-0.2, -0.15) is 5.48 Å². The van der Waals surface area contributed by atoms with Crippen molar-refractivity contribution >= 4 is 0 Å². The Kier molecular flexibility index (Phi) is 8.67. The van der Waals surface area contributed by atoms with Crippen LogP contribution in [0.3, 0.4) is 0 Å². The minimum atomic E-state index is -0.181. The molecule has 0 amide bonds. The van der Waals surface area contributed by atoms with Crippen LogP contribution in [-0.4, -0.2) is 17.4 Å². The van der Waals surface area contributed by atoms with Crippen molar-refractivity contribution in [3.05, 3.63) is 0 Å². The van der Waals surface area contributed by atoms with E-state index in [2.05, 4.69) is 12.4 Å². The second-order valence-corrected chi connectivity index (χ2v) is 5.23. The van der Waals surface area contributed by atoms with Crippen molar-refractivity contribution < 1.29 is 9.94 Å². The molecule has 0 aromatic heterocycles. The summed E-state index contributed by atoms with van der Waals surface area (Å²) in [5, 5.41) is 9.64. The molecule has 2 N–H and O–H groups in total. The molecule has 1 heterocycles. The molecule has 1 aliphatic heterocycles. The van der Waals surface area contributed by atoms with E-state index in [0.29, 0.717) is 0 Å². The molecular weight excluding hydrogens is 214 g/mol. The second kappa shape index (κ2) is 9.86. The number of rotatable bonds is 12. The molecule has 102 valence electrons. The largest absolute Gasteiger partial charge is 0.393 e. The summed E-state index contributed by atoms with van der Waals surface area (Å²) in [6.07, 6.45) is 13.7. The molecule has 1 saturated heterocycles.